The lowest BCUT2D eigenvalue weighted by molar-refractivity contribution is -0.137. The van der Waals surface area contributed by atoms with Crippen LogP contribution in [0.5, 0.6) is 0 Å². The Balaban J connectivity index is 1.56. The van der Waals surface area contributed by atoms with Gasteiger partial charge in [-0.3, -0.25) is 4.90 Å². The molecular formula is C17H20BrF3N2O. The Bertz CT molecular complexity index is 595. The summed E-state index contributed by atoms with van der Waals surface area (Å²) in [6.45, 7) is 3.89. The van der Waals surface area contributed by atoms with E-state index in [-0.39, 0.29) is 12.1 Å². The van der Waals surface area contributed by atoms with E-state index in [0.29, 0.717) is 5.92 Å². The van der Waals surface area contributed by atoms with Crippen molar-refractivity contribution >= 4 is 20.6 Å². The molecule has 2 aliphatic heterocycles. The normalized spacial score (nSPS) is 24.5. The Labute approximate surface area is 148 Å². The van der Waals surface area contributed by atoms with Gasteiger partial charge in [0.2, 0.25) is 0 Å². The van der Waals surface area contributed by atoms with Crippen LogP contribution in [0.3, 0.4) is 0 Å². The minimum absolute atomic E-state index is 0.112. The van der Waals surface area contributed by atoms with Gasteiger partial charge in [0.05, 0.1) is 5.56 Å². The van der Waals surface area contributed by atoms with Crippen molar-refractivity contribution in [2.45, 2.75) is 44.5 Å². The average Bonchev–Trinajstić information content (AvgIpc) is 3.00. The maximum atomic E-state index is 12.7. The first kappa shape index (κ1) is 17.7. The molecule has 1 unspecified atom stereocenters. The van der Waals surface area contributed by atoms with Crippen LogP contribution >= 0.6 is 15.9 Å². The summed E-state index contributed by atoms with van der Waals surface area (Å²) in [5.41, 5.74) is 0.325. The molecule has 0 N–H and O–H groups in total. The summed E-state index contributed by atoms with van der Waals surface area (Å²) in [5, 5.41) is 3.95. The highest BCUT2D eigenvalue weighted by Gasteiger charge is 2.33. The SMILES string of the molecule is CC(c1ccc(C(F)(F)F)cc1)N1CCC([C@@H]2CC(Br)=NO2)CC1. The summed E-state index contributed by atoms with van der Waals surface area (Å²) in [4.78, 5) is 7.77. The molecule has 0 spiro atoms. The van der Waals surface area contributed by atoms with Crippen molar-refractivity contribution in [2.75, 3.05) is 13.1 Å². The molecule has 3 nitrogen and oxygen atoms in total. The first-order chi connectivity index (χ1) is 11.3. The van der Waals surface area contributed by atoms with E-state index in [1.165, 1.54) is 12.1 Å². The summed E-state index contributed by atoms with van der Waals surface area (Å²) < 4.78 is 38.8. The van der Waals surface area contributed by atoms with E-state index >= 15 is 0 Å². The third-order valence-corrected chi connectivity index (χ3v) is 5.49. The lowest BCUT2D eigenvalue weighted by Gasteiger charge is -2.37. The van der Waals surface area contributed by atoms with E-state index in [2.05, 4.69) is 32.9 Å². The molecule has 1 aromatic rings. The van der Waals surface area contributed by atoms with Gasteiger partial charge < -0.3 is 4.84 Å². The van der Waals surface area contributed by atoms with E-state index in [4.69, 9.17) is 4.84 Å². The molecule has 0 saturated carbocycles. The molecule has 24 heavy (non-hydrogen) atoms. The zero-order valence-electron chi connectivity index (χ0n) is 13.4. The Morgan fingerprint density at radius 2 is 1.83 bits per heavy atom. The summed E-state index contributed by atoms with van der Waals surface area (Å²) >= 11 is 3.37. The number of oxime groups is 1. The zero-order valence-corrected chi connectivity index (χ0v) is 15.0. The molecule has 2 aliphatic rings. The van der Waals surface area contributed by atoms with Crippen LogP contribution in [0, 0.1) is 5.92 Å². The number of rotatable bonds is 3. The van der Waals surface area contributed by atoms with Crippen molar-refractivity contribution in [1.82, 2.24) is 4.90 Å². The lowest BCUT2D eigenvalue weighted by Crippen LogP contribution is -2.39. The van der Waals surface area contributed by atoms with Crippen LogP contribution in [0.1, 0.15) is 43.4 Å². The van der Waals surface area contributed by atoms with Crippen LogP contribution in [0.4, 0.5) is 13.2 Å². The number of nitrogens with zero attached hydrogens (tertiary/aromatic N) is 2. The van der Waals surface area contributed by atoms with E-state index in [9.17, 15) is 13.2 Å². The molecule has 1 fully saturated rings. The quantitative estimate of drug-likeness (QED) is 0.709. The van der Waals surface area contributed by atoms with E-state index in [1.807, 2.05) is 0 Å². The summed E-state index contributed by atoms with van der Waals surface area (Å²) in [7, 11) is 0. The molecule has 0 aromatic heterocycles. The smallest absolute Gasteiger partial charge is 0.391 e. The van der Waals surface area contributed by atoms with Gasteiger partial charge in [-0.25, -0.2) is 0 Å². The van der Waals surface area contributed by atoms with Gasteiger partial charge in [-0.1, -0.05) is 17.3 Å². The summed E-state index contributed by atoms with van der Waals surface area (Å²) in [6, 6.07) is 5.62. The largest absolute Gasteiger partial charge is 0.416 e. The second-order valence-electron chi connectivity index (χ2n) is 6.48. The highest BCUT2D eigenvalue weighted by atomic mass is 79.9. The number of hydrogen-bond donors (Lipinski definition) is 0. The molecule has 3 rings (SSSR count). The first-order valence-electron chi connectivity index (χ1n) is 8.14. The fraction of sp³-hybridized carbons (Fsp3) is 0.588. The summed E-state index contributed by atoms with van der Waals surface area (Å²) in [5.74, 6) is 0.486. The number of alkyl halides is 3. The van der Waals surface area contributed by atoms with Gasteiger partial charge in [-0.15, -0.1) is 0 Å². The molecule has 0 aliphatic carbocycles. The predicted molar refractivity (Wildman–Crippen MR) is 90.0 cm³/mol. The lowest BCUT2D eigenvalue weighted by atomic mass is 9.89. The molecule has 2 atom stereocenters. The topological polar surface area (TPSA) is 24.8 Å². The van der Waals surface area contributed by atoms with Gasteiger partial charge >= 0.3 is 6.18 Å². The van der Waals surface area contributed by atoms with Crippen LogP contribution in [0.2, 0.25) is 0 Å². The predicted octanol–water partition coefficient (Wildman–Crippen LogP) is 4.98. The van der Waals surface area contributed by atoms with Gasteiger partial charge in [-0.05, 0) is 66.5 Å². The van der Waals surface area contributed by atoms with Crippen molar-refractivity contribution in [3.8, 4) is 0 Å². The van der Waals surface area contributed by atoms with Crippen molar-refractivity contribution in [3.63, 3.8) is 0 Å². The number of halogens is 4. The van der Waals surface area contributed by atoms with Crippen LogP contribution in [-0.2, 0) is 11.0 Å². The van der Waals surface area contributed by atoms with Crippen LogP contribution in [0.15, 0.2) is 29.4 Å². The Morgan fingerprint density at radius 1 is 1.21 bits per heavy atom. The minimum Gasteiger partial charge on any atom is -0.391 e. The van der Waals surface area contributed by atoms with Gasteiger partial charge in [0.15, 0.2) is 0 Å². The van der Waals surface area contributed by atoms with Gasteiger partial charge in [0.25, 0.3) is 0 Å². The molecule has 2 heterocycles. The molecular weight excluding hydrogens is 385 g/mol. The van der Waals surface area contributed by atoms with E-state index < -0.39 is 11.7 Å². The van der Waals surface area contributed by atoms with Gasteiger partial charge in [0.1, 0.15) is 10.7 Å². The maximum Gasteiger partial charge on any atom is 0.416 e. The molecule has 0 amide bonds. The zero-order chi connectivity index (χ0) is 17.3. The van der Waals surface area contributed by atoms with Crippen molar-refractivity contribution in [3.05, 3.63) is 35.4 Å². The third kappa shape index (κ3) is 3.94. The number of benzene rings is 1. The van der Waals surface area contributed by atoms with Crippen LogP contribution in [-0.4, -0.2) is 28.7 Å². The number of likely N-dealkylation sites (tertiary alicyclic amines) is 1. The molecule has 0 radical (unpaired) electrons. The van der Waals surface area contributed by atoms with Crippen molar-refractivity contribution < 1.29 is 18.0 Å². The van der Waals surface area contributed by atoms with E-state index in [0.717, 1.165) is 42.5 Å². The monoisotopic (exact) mass is 404 g/mol. The second-order valence-corrected chi connectivity index (χ2v) is 7.40. The highest BCUT2D eigenvalue weighted by Crippen LogP contribution is 2.34. The standard InChI is InChI=1S/C17H20BrF3N2O/c1-11(12-2-4-14(5-3-12)17(19,20)21)23-8-6-13(7-9-23)15-10-16(18)22-24-15/h2-5,11,13,15H,6-10H2,1H3/t11?,15-/m0/s1. The first-order valence-corrected chi connectivity index (χ1v) is 8.93. The Morgan fingerprint density at radius 3 is 2.33 bits per heavy atom. The van der Waals surface area contributed by atoms with E-state index in [1.54, 1.807) is 12.1 Å². The molecule has 132 valence electrons. The van der Waals surface area contributed by atoms with Gasteiger partial charge in [-0.2, -0.15) is 13.2 Å². The molecule has 1 saturated heterocycles. The third-order valence-electron chi connectivity index (χ3n) is 5.02. The fourth-order valence-electron chi connectivity index (χ4n) is 3.46. The average molecular weight is 405 g/mol. The Kier molecular flexibility index (Phi) is 5.20. The molecule has 7 heteroatoms. The Hall–Kier alpha value is -1.08. The minimum atomic E-state index is -4.28. The maximum absolute atomic E-state index is 12.7. The highest BCUT2D eigenvalue weighted by molar-refractivity contribution is 9.18. The fourth-order valence-corrected chi connectivity index (χ4v) is 3.86. The number of hydrogen-bond acceptors (Lipinski definition) is 3. The van der Waals surface area contributed by atoms with Gasteiger partial charge in [0, 0.05) is 18.4 Å². The van der Waals surface area contributed by atoms with Crippen molar-refractivity contribution in [1.29, 1.82) is 0 Å². The van der Waals surface area contributed by atoms with Crippen LogP contribution < -0.4 is 0 Å². The molecule has 1 aromatic carbocycles. The van der Waals surface area contributed by atoms with Crippen LogP contribution in [0.25, 0.3) is 0 Å². The molecule has 0 bridgehead atoms. The van der Waals surface area contributed by atoms with Crippen molar-refractivity contribution in [2.24, 2.45) is 11.1 Å². The number of piperidine rings is 1. The second kappa shape index (κ2) is 7.04. The summed E-state index contributed by atoms with van der Waals surface area (Å²) in [6.07, 6.45) is -1.25.